The van der Waals surface area contributed by atoms with Crippen LogP contribution in [0.5, 0.6) is 0 Å². The molecule has 0 amide bonds. The van der Waals surface area contributed by atoms with E-state index in [4.69, 9.17) is 5.11 Å². The third kappa shape index (κ3) is 2.48. The zero-order valence-electron chi connectivity index (χ0n) is 8.95. The number of nitrogens with one attached hydrogen (secondary N) is 1. The lowest BCUT2D eigenvalue weighted by Gasteiger charge is -2.41. The lowest BCUT2D eigenvalue weighted by atomic mass is 9.67. The lowest BCUT2D eigenvalue weighted by molar-refractivity contribution is 0.102. The van der Waals surface area contributed by atoms with Crippen LogP contribution in [-0.4, -0.2) is 23.2 Å². The normalized spacial score (nSPS) is 18.2. The van der Waals surface area contributed by atoms with Gasteiger partial charge in [-0.05, 0) is 36.8 Å². The van der Waals surface area contributed by atoms with Gasteiger partial charge in [0.15, 0.2) is 0 Å². The monoisotopic (exact) mass is 206 g/mol. The van der Waals surface area contributed by atoms with Crippen molar-refractivity contribution in [2.24, 2.45) is 5.41 Å². The van der Waals surface area contributed by atoms with E-state index in [1.165, 1.54) is 19.3 Å². The van der Waals surface area contributed by atoms with Gasteiger partial charge in [0.25, 0.3) is 0 Å². The number of nitrogens with zero attached hydrogens (tertiary/aromatic N) is 1. The lowest BCUT2D eigenvalue weighted by Crippen LogP contribution is -2.37. The van der Waals surface area contributed by atoms with Crippen LogP contribution in [0.1, 0.15) is 25.7 Å². The van der Waals surface area contributed by atoms with Crippen LogP contribution in [-0.2, 0) is 0 Å². The molecule has 2 rings (SSSR count). The summed E-state index contributed by atoms with van der Waals surface area (Å²) in [6, 6.07) is 5.87. The molecule has 1 heterocycles. The van der Waals surface area contributed by atoms with Crippen molar-refractivity contribution in [3.05, 3.63) is 24.4 Å². The minimum absolute atomic E-state index is 0.296. The molecule has 3 heteroatoms. The summed E-state index contributed by atoms with van der Waals surface area (Å²) in [5.41, 5.74) is 0.326. The second-order valence-electron chi connectivity index (χ2n) is 4.40. The molecule has 2 N–H and O–H groups in total. The fourth-order valence-corrected chi connectivity index (χ4v) is 2.17. The standard InChI is InChI=1S/C12H18N2O/c15-9-7-12(5-3-6-12)10-14-11-4-1-2-8-13-11/h1-2,4,8,15H,3,5-7,9-10H2,(H,13,14). The molecular formula is C12H18N2O. The van der Waals surface area contributed by atoms with Crippen molar-refractivity contribution in [2.45, 2.75) is 25.7 Å². The molecule has 0 unspecified atom stereocenters. The Kier molecular flexibility index (Phi) is 3.21. The number of hydrogen-bond donors (Lipinski definition) is 2. The van der Waals surface area contributed by atoms with Crippen molar-refractivity contribution in [1.82, 2.24) is 4.98 Å². The van der Waals surface area contributed by atoms with E-state index in [9.17, 15) is 0 Å². The molecule has 1 aliphatic carbocycles. The molecule has 0 spiro atoms. The van der Waals surface area contributed by atoms with Crippen LogP contribution in [0.4, 0.5) is 5.82 Å². The SMILES string of the molecule is OCCC1(CNc2ccccn2)CCC1. The summed E-state index contributed by atoms with van der Waals surface area (Å²) < 4.78 is 0. The average molecular weight is 206 g/mol. The Balaban J connectivity index is 1.86. The topological polar surface area (TPSA) is 45.1 Å². The molecule has 0 radical (unpaired) electrons. The van der Waals surface area contributed by atoms with E-state index in [1.807, 2.05) is 18.2 Å². The number of rotatable bonds is 5. The number of anilines is 1. The summed E-state index contributed by atoms with van der Waals surface area (Å²) in [6.07, 6.45) is 6.46. The maximum Gasteiger partial charge on any atom is 0.125 e. The molecule has 0 bridgehead atoms. The molecule has 15 heavy (non-hydrogen) atoms. The molecule has 0 aliphatic heterocycles. The Bertz CT molecular complexity index is 296. The van der Waals surface area contributed by atoms with Crippen molar-refractivity contribution >= 4 is 5.82 Å². The maximum absolute atomic E-state index is 9.02. The van der Waals surface area contributed by atoms with Crippen molar-refractivity contribution in [1.29, 1.82) is 0 Å². The van der Waals surface area contributed by atoms with Crippen molar-refractivity contribution in [2.75, 3.05) is 18.5 Å². The number of pyridine rings is 1. The van der Waals surface area contributed by atoms with E-state index in [0.29, 0.717) is 12.0 Å². The number of aromatic nitrogens is 1. The first-order valence-electron chi connectivity index (χ1n) is 5.60. The van der Waals surface area contributed by atoms with Crippen LogP contribution in [0.15, 0.2) is 24.4 Å². The number of aliphatic hydroxyl groups excluding tert-OH is 1. The first-order chi connectivity index (χ1) is 7.35. The average Bonchev–Trinajstić information content (AvgIpc) is 2.23. The quantitative estimate of drug-likeness (QED) is 0.775. The van der Waals surface area contributed by atoms with Crippen LogP contribution >= 0.6 is 0 Å². The number of hydrogen-bond acceptors (Lipinski definition) is 3. The molecule has 82 valence electrons. The van der Waals surface area contributed by atoms with Gasteiger partial charge in [0, 0.05) is 19.3 Å². The third-order valence-electron chi connectivity index (χ3n) is 3.37. The summed E-state index contributed by atoms with van der Waals surface area (Å²) in [7, 11) is 0. The van der Waals surface area contributed by atoms with E-state index in [1.54, 1.807) is 6.20 Å². The summed E-state index contributed by atoms with van der Waals surface area (Å²) in [6.45, 7) is 1.23. The van der Waals surface area contributed by atoms with E-state index >= 15 is 0 Å². The highest BCUT2D eigenvalue weighted by atomic mass is 16.3. The zero-order valence-corrected chi connectivity index (χ0v) is 8.95. The van der Waals surface area contributed by atoms with E-state index < -0.39 is 0 Å². The molecule has 0 aromatic carbocycles. The minimum atomic E-state index is 0.296. The fraction of sp³-hybridized carbons (Fsp3) is 0.583. The molecule has 1 fully saturated rings. The number of aliphatic hydroxyl groups is 1. The Labute approximate surface area is 90.5 Å². The van der Waals surface area contributed by atoms with E-state index in [2.05, 4.69) is 10.3 Å². The van der Waals surface area contributed by atoms with Crippen LogP contribution in [0, 0.1) is 5.41 Å². The van der Waals surface area contributed by atoms with Gasteiger partial charge in [-0.2, -0.15) is 0 Å². The Morgan fingerprint density at radius 2 is 2.27 bits per heavy atom. The van der Waals surface area contributed by atoms with Gasteiger partial charge in [-0.25, -0.2) is 4.98 Å². The van der Waals surface area contributed by atoms with Gasteiger partial charge < -0.3 is 10.4 Å². The van der Waals surface area contributed by atoms with Crippen molar-refractivity contribution in [3.8, 4) is 0 Å². The van der Waals surface area contributed by atoms with E-state index in [-0.39, 0.29) is 0 Å². The molecule has 1 aliphatic rings. The highest BCUT2D eigenvalue weighted by molar-refractivity contribution is 5.33. The highest BCUT2D eigenvalue weighted by Crippen LogP contribution is 2.43. The second kappa shape index (κ2) is 4.62. The molecule has 0 saturated heterocycles. The summed E-state index contributed by atoms with van der Waals surface area (Å²) >= 11 is 0. The molecule has 0 atom stereocenters. The first kappa shape index (κ1) is 10.4. The first-order valence-corrected chi connectivity index (χ1v) is 5.60. The smallest absolute Gasteiger partial charge is 0.125 e. The van der Waals surface area contributed by atoms with Crippen LogP contribution < -0.4 is 5.32 Å². The van der Waals surface area contributed by atoms with Gasteiger partial charge in [0.2, 0.25) is 0 Å². The van der Waals surface area contributed by atoms with Gasteiger partial charge >= 0.3 is 0 Å². The molecule has 1 saturated carbocycles. The predicted molar refractivity (Wildman–Crippen MR) is 60.7 cm³/mol. The zero-order chi connectivity index (χ0) is 10.6. The largest absolute Gasteiger partial charge is 0.396 e. The van der Waals surface area contributed by atoms with Crippen LogP contribution in [0.25, 0.3) is 0 Å². The van der Waals surface area contributed by atoms with Gasteiger partial charge in [0.05, 0.1) is 0 Å². The molecule has 3 nitrogen and oxygen atoms in total. The van der Waals surface area contributed by atoms with Gasteiger partial charge in [-0.15, -0.1) is 0 Å². The Morgan fingerprint density at radius 3 is 2.80 bits per heavy atom. The Hall–Kier alpha value is -1.09. The van der Waals surface area contributed by atoms with Crippen LogP contribution in [0.2, 0.25) is 0 Å². The van der Waals surface area contributed by atoms with Gasteiger partial charge in [-0.3, -0.25) is 0 Å². The second-order valence-corrected chi connectivity index (χ2v) is 4.40. The summed E-state index contributed by atoms with van der Waals surface area (Å²) in [5.74, 6) is 0.932. The summed E-state index contributed by atoms with van der Waals surface area (Å²) in [5, 5.41) is 12.4. The maximum atomic E-state index is 9.02. The van der Waals surface area contributed by atoms with Crippen molar-refractivity contribution < 1.29 is 5.11 Å². The highest BCUT2D eigenvalue weighted by Gasteiger charge is 2.35. The Morgan fingerprint density at radius 1 is 1.40 bits per heavy atom. The minimum Gasteiger partial charge on any atom is -0.396 e. The van der Waals surface area contributed by atoms with Gasteiger partial charge in [-0.1, -0.05) is 12.5 Å². The van der Waals surface area contributed by atoms with Gasteiger partial charge in [0.1, 0.15) is 5.82 Å². The predicted octanol–water partition coefficient (Wildman–Crippen LogP) is 2.05. The molecule has 1 aromatic heterocycles. The van der Waals surface area contributed by atoms with Crippen LogP contribution in [0.3, 0.4) is 0 Å². The fourth-order valence-electron chi connectivity index (χ4n) is 2.17. The molecule has 1 aromatic rings. The summed E-state index contributed by atoms with van der Waals surface area (Å²) in [4.78, 5) is 4.23. The van der Waals surface area contributed by atoms with Crippen molar-refractivity contribution in [3.63, 3.8) is 0 Å². The third-order valence-corrected chi connectivity index (χ3v) is 3.37. The van der Waals surface area contributed by atoms with E-state index in [0.717, 1.165) is 18.8 Å². The molecular weight excluding hydrogens is 188 g/mol.